The van der Waals surface area contributed by atoms with Gasteiger partial charge in [-0.25, -0.2) is 0 Å². The van der Waals surface area contributed by atoms with E-state index in [4.69, 9.17) is 17.0 Å². The lowest BCUT2D eigenvalue weighted by Gasteiger charge is -2.13. The molecule has 0 radical (unpaired) electrons. The molecule has 0 aromatic heterocycles. The Morgan fingerprint density at radius 3 is 2.65 bits per heavy atom. The normalized spacial score (nSPS) is 15.6. The Bertz CT molecular complexity index is 685. The SMILES string of the molecule is CCCCOc1ccc(/C=C2\SC(=S)N(CCCC(=O)OC)C2=O)cc1. The Morgan fingerprint density at radius 1 is 1.27 bits per heavy atom. The van der Waals surface area contributed by atoms with Gasteiger partial charge in [-0.15, -0.1) is 0 Å². The summed E-state index contributed by atoms with van der Waals surface area (Å²) < 4.78 is 10.8. The minimum absolute atomic E-state index is 0.117. The molecule has 2 rings (SSSR count). The van der Waals surface area contributed by atoms with Gasteiger partial charge in [0.15, 0.2) is 0 Å². The van der Waals surface area contributed by atoms with E-state index in [1.54, 1.807) is 0 Å². The van der Waals surface area contributed by atoms with Crippen molar-refractivity contribution >= 4 is 46.3 Å². The molecule has 1 aliphatic rings. The lowest BCUT2D eigenvalue weighted by atomic mass is 10.2. The van der Waals surface area contributed by atoms with Gasteiger partial charge in [0.05, 0.1) is 18.6 Å². The van der Waals surface area contributed by atoms with Crippen LogP contribution in [0.3, 0.4) is 0 Å². The van der Waals surface area contributed by atoms with Crippen molar-refractivity contribution in [3.8, 4) is 5.75 Å². The zero-order chi connectivity index (χ0) is 18.9. The lowest BCUT2D eigenvalue weighted by molar-refractivity contribution is -0.141. The van der Waals surface area contributed by atoms with E-state index in [9.17, 15) is 9.59 Å². The van der Waals surface area contributed by atoms with E-state index in [1.807, 2.05) is 30.3 Å². The van der Waals surface area contributed by atoms with E-state index in [1.165, 1.54) is 23.8 Å². The second kappa shape index (κ2) is 10.3. The van der Waals surface area contributed by atoms with Crippen LogP contribution < -0.4 is 4.74 Å². The van der Waals surface area contributed by atoms with Gasteiger partial charge in [0.25, 0.3) is 5.91 Å². The molecule has 140 valence electrons. The summed E-state index contributed by atoms with van der Waals surface area (Å²) in [5, 5.41) is 0. The van der Waals surface area contributed by atoms with E-state index < -0.39 is 0 Å². The maximum absolute atomic E-state index is 12.5. The van der Waals surface area contributed by atoms with Gasteiger partial charge in [-0.2, -0.15) is 0 Å². The average Bonchev–Trinajstić information content (AvgIpc) is 2.90. The first kappa shape index (κ1) is 20.5. The molecule has 0 atom stereocenters. The molecule has 7 heteroatoms. The van der Waals surface area contributed by atoms with Crippen molar-refractivity contribution in [3.05, 3.63) is 34.7 Å². The summed E-state index contributed by atoms with van der Waals surface area (Å²) in [6.45, 7) is 3.25. The number of hydrogen-bond donors (Lipinski definition) is 0. The second-order valence-electron chi connectivity index (χ2n) is 5.78. The number of carbonyl (C=O) groups is 2. The smallest absolute Gasteiger partial charge is 0.305 e. The molecule has 0 bridgehead atoms. The summed E-state index contributed by atoms with van der Waals surface area (Å²) in [5.41, 5.74) is 0.919. The van der Waals surface area contributed by atoms with Crippen molar-refractivity contribution in [1.29, 1.82) is 0 Å². The van der Waals surface area contributed by atoms with Crippen LogP contribution in [-0.4, -0.2) is 41.4 Å². The highest BCUT2D eigenvalue weighted by molar-refractivity contribution is 8.26. The number of amides is 1. The zero-order valence-corrected chi connectivity index (χ0v) is 16.7. The van der Waals surface area contributed by atoms with Crippen LogP contribution in [0.2, 0.25) is 0 Å². The number of thioether (sulfide) groups is 1. The maximum atomic E-state index is 12.5. The Labute approximate surface area is 163 Å². The molecule has 0 aliphatic carbocycles. The molecule has 26 heavy (non-hydrogen) atoms. The Kier molecular flexibility index (Phi) is 8.12. The minimum atomic E-state index is -0.285. The maximum Gasteiger partial charge on any atom is 0.305 e. The highest BCUT2D eigenvalue weighted by Crippen LogP contribution is 2.33. The van der Waals surface area contributed by atoms with Gasteiger partial charge in [0, 0.05) is 13.0 Å². The summed E-state index contributed by atoms with van der Waals surface area (Å²) >= 11 is 6.57. The highest BCUT2D eigenvalue weighted by Gasteiger charge is 2.31. The van der Waals surface area contributed by atoms with Crippen LogP contribution in [0.15, 0.2) is 29.2 Å². The van der Waals surface area contributed by atoms with Gasteiger partial charge < -0.3 is 9.47 Å². The monoisotopic (exact) mass is 393 g/mol. The van der Waals surface area contributed by atoms with Crippen molar-refractivity contribution in [2.75, 3.05) is 20.3 Å². The van der Waals surface area contributed by atoms with Crippen molar-refractivity contribution in [1.82, 2.24) is 4.90 Å². The van der Waals surface area contributed by atoms with Gasteiger partial charge in [-0.05, 0) is 36.6 Å². The number of unbranched alkanes of at least 4 members (excludes halogenated alkanes) is 1. The Hall–Kier alpha value is -1.86. The topological polar surface area (TPSA) is 55.8 Å². The first-order chi connectivity index (χ1) is 12.5. The van der Waals surface area contributed by atoms with Gasteiger partial charge in [0.1, 0.15) is 10.1 Å². The third-order valence-electron chi connectivity index (χ3n) is 3.81. The summed E-state index contributed by atoms with van der Waals surface area (Å²) in [6.07, 6.45) is 4.75. The van der Waals surface area contributed by atoms with E-state index in [0.29, 0.717) is 28.8 Å². The van der Waals surface area contributed by atoms with Crippen molar-refractivity contribution < 1.29 is 19.1 Å². The van der Waals surface area contributed by atoms with Crippen LogP contribution in [0.25, 0.3) is 6.08 Å². The van der Waals surface area contributed by atoms with Gasteiger partial charge in [0.2, 0.25) is 0 Å². The molecule has 1 amide bonds. The van der Waals surface area contributed by atoms with E-state index >= 15 is 0 Å². The molecule has 0 unspecified atom stereocenters. The number of carbonyl (C=O) groups excluding carboxylic acids is 2. The van der Waals surface area contributed by atoms with Crippen molar-refractivity contribution in [3.63, 3.8) is 0 Å². The van der Waals surface area contributed by atoms with Gasteiger partial charge >= 0.3 is 5.97 Å². The van der Waals surface area contributed by atoms with Crippen LogP contribution in [0, 0.1) is 0 Å². The quantitative estimate of drug-likeness (QED) is 0.273. The van der Waals surface area contributed by atoms with Crippen LogP contribution in [0.4, 0.5) is 0 Å². The fourth-order valence-electron chi connectivity index (χ4n) is 2.32. The number of hydrogen-bond acceptors (Lipinski definition) is 6. The first-order valence-corrected chi connectivity index (χ1v) is 9.82. The fraction of sp³-hybridized carbons (Fsp3) is 0.421. The number of ether oxygens (including phenoxy) is 2. The predicted octanol–water partition coefficient (Wildman–Crippen LogP) is 4.02. The van der Waals surface area contributed by atoms with Crippen molar-refractivity contribution in [2.45, 2.75) is 32.6 Å². The van der Waals surface area contributed by atoms with Crippen LogP contribution >= 0.6 is 24.0 Å². The van der Waals surface area contributed by atoms with Gasteiger partial charge in [-0.1, -0.05) is 49.5 Å². The number of benzene rings is 1. The molecule has 0 N–H and O–H groups in total. The number of thiocarbonyl (C=S) groups is 1. The molecule has 0 spiro atoms. The lowest BCUT2D eigenvalue weighted by Crippen LogP contribution is -2.29. The van der Waals surface area contributed by atoms with Gasteiger partial charge in [-0.3, -0.25) is 14.5 Å². The summed E-state index contributed by atoms with van der Waals surface area (Å²) in [5.74, 6) is 0.423. The molecular weight excluding hydrogens is 370 g/mol. The Balaban J connectivity index is 1.95. The third kappa shape index (κ3) is 5.85. The Morgan fingerprint density at radius 2 is 2.00 bits per heavy atom. The first-order valence-electron chi connectivity index (χ1n) is 8.60. The van der Waals surface area contributed by atoms with E-state index in [0.717, 1.165) is 24.2 Å². The zero-order valence-electron chi connectivity index (χ0n) is 15.0. The highest BCUT2D eigenvalue weighted by atomic mass is 32.2. The van der Waals surface area contributed by atoms with Crippen LogP contribution in [-0.2, 0) is 14.3 Å². The number of rotatable bonds is 9. The fourth-order valence-corrected chi connectivity index (χ4v) is 3.63. The predicted molar refractivity (Wildman–Crippen MR) is 108 cm³/mol. The van der Waals surface area contributed by atoms with Crippen molar-refractivity contribution in [2.24, 2.45) is 0 Å². The van der Waals surface area contributed by atoms with Crippen LogP contribution in [0.5, 0.6) is 5.75 Å². The largest absolute Gasteiger partial charge is 0.494 e. The van der Waals surface area contributed by atoms with Crippen LogP contribution in [0.1, 0.15) is 38.2 Å². The molecular formula is C19H23NO4S2. The summed E-state index contributed by atoms with van der Waals surface area (Å²) in [6, 6.07) is 7.65. The summed E-state index contributed by atoms with van der Waals surface area (Å²) in [7, 11) is 1.35. The number of esters is 1. The molecule has 1 saturated heterocycles. The number of nitrogens with zero attached hydrogens (tertiary/aromatic N) is 1. The van der Waals surface area contributed by atoms with E-state index in [-0.39, 0.29) is 18.3 Å². The van der Waals surface area contributed by atoms with E-state index in [2.05, 4.69) is 11.7 Å². The average molecular weight is 394 g/mol. The second-order valence-corrected chi connectivity index (χ2v) is 7.46. The molecule has 0 saturated carbocycles. The molecule has 1 aromatic rings. The molecule has 1 heterocycles. The molecule has 1 aromatic carbocycles. The molecule has 5 nitrogen and oxygen atoms in total. The molecule has 1 aliphatic heterocycles. The minimum Gasteiger partial charge on any atom is -0.494 e. The summed E-state index contributed by atoms with van der Waals surface area (Å²) in [4.78, 5) is 25.8. The third-order valence-corrected chi connectivity index (χ3v) is 5.19. The standard InChI is InChI=1S/C19H23NO4S2/c1-3-4-12-24-15-9-7-14(8-10-15)13-16-18(22)20(19(25)26-16)11-5-6-17(21)23-2/h7-10,13H,3-6,11-12H2,1-2H3/b16-13-. The number of methoxy groups -OCH3 is 1. The molecule has 1 fully saturated rings.